The van der Waals surface area contributed by atoms with Gasteiger partial charge in [-0.1, -0.05) is 20.8 Å². The van der Waals surface area contributed by atoms with Crippen molar-refractivity contribution >= 4 is 28.8 Å². The summed E-state index contributed by atoms with van der Waals surface area (Å²) in [6, 6.07) is 5.75. The van der Waals surface area contributed by atoms with E-state index in [0.717, 1.165) is 32.8 Å². The number of nitrogens with two attached hydrogens (primary N) is 1. The molecule has 0 atom stereocenters. The van der Waals surface area contributed by atoms with E-state index in [4.69, 9.17) is 15.5 Å². The number of thioether (sulfide) groups is 1. The molecule has 1 aromatic heterocycles. The molecule has 0 aliphatic carbocycles. The Morgan fingerprint density at radius 2 is 2.10 bits per heavy atom. The van der Waals surface area contributed by atoms with Crippen molar-refractivity contribution in [2.45, 2.75) is 36.8 Å². The second kappa shape index (κ2) is 6.06. The van der Waals surface area contributed by atoms with Crippen molar-refractivity contribution in [3.05, 3.63) is 34.3 Å². The largest absolute Gasteiger partial charge is 0.496 e. The van der Waals surface area contributed by atoms with Crippen molar-refractivity contribution in [2.24, 2.45) is 0 Å². The summed E-state index contributed by atoms with van der Waals surface area (Å²) in [6.07, 6.45) is 0. The Labute approximate surface area is 128 Å². The number of methoxy groups -OCH3 is 1. The normalized spacial score (nSPS) is 11.6. The van der Waals surface area contributed by atoms with E-state index in [0.29, 0.717) is 0 Å². The minimum atomic E-state index is 0.109. The maximum absolute atomic E-state index is 5.76. The molecule has 0 spiro atoms. The first-order chi connectivity index (χ1) is 9.40. The Hall–Kier alpha value is -1.20. The Bertz CT molecular complexity index is 588. The first-order valence-corrected chi connectivity index (χ1v) is 8.28. The molecule has 0 bridgehead atoms. The standard InChI is InChI=1S/C15H20N2OS2/c1-15(2,3)13-8-20-14(17-13)9-19-12-6-5-10(16)7-11(12)18-4/h5-8H,9,16H2,1-4H3. The van der Waals surface area contributed by atoms with Crippen molar-refractivity contribution < 1.29 is 4.74 Å². The van der Waals surface area contributed by atoms with Crippen LogP contribution < -0.4 is 10.5 Å². The zero-order valence-electron chi connectivity index (χ0n) is 12.3. The second-order valence-corrected chi connectivity index (χ2v) is 7.54. The van der Waals surface area contributed by atoms with Crippen LogP contribution >= 0.6 is 23.1 Å². The molecule has 0 amide bonds. The van der Waals surface area contributed by atoms with Gasteiger partial charge < -0.3 is 10.5 Å². The molecule has 0 aliphatic heterocycles. The van der Waals surface area contributed by atoms with Gasteiger partial charge in [-0.15, -0.1) is 23.1 Å². The van der Waals surface area contributed by atoms with Crippen molar-refractivity contribution in [1.82, 2.24) is 4.98 Å². The first kappa shape index (κ1) is 15.2. The molecule has 1 aromatic carbocycles. The smallest absolute Gasteiger partial charge is 0.134 e. The molecular formula is C15H20N2OS2. The zero-order valence-corrected chi connectivity index (χ0v) is 13.9. The number of anilines is 1. The average molecular weight is 308 g/mol. The minimum Gasteiger partial charge on any atom is -0.496 e. The maximum atomic E-state index is 5.76. The number of nitrogens with zero attached hydrogens (tertiary/aromatic N) is 1. The summed E-state index contributed by atoms with van der Waals surface area (Å²) in [6.45, 7) is 6.55. The highest BCUT2D eigenvalue weighted by molar-refractivity contribution is 7.98. The highest BCUT2D eigenvalue weighted by Crippen LogP contribution is 2.34. The van der Waals surface area contributed by atoms with Crippen LogP contribution in [0.1, 0.15) is 31.5 Å². The van der Waals surface area contributed by atoms with Gasteiger partial charge in [-0.3, -0.25) is 0 Å². The third kappa shape index (κ3) is 3.67. The van der Waals surface area contributed by atoms with Crippen LogP contribution in [0.3, 0.4) is 0 Å². The SMILES string of the molecule is COc1cc(N)ccc1SCc1nc(C(C)(C)C)cs1. The minimum absolute atomic E-state index is 0.109. The van der Waals surface area contributed by atoms with Crippen LogP contribution in [-0.4, -0.2) is 12.1 Å². The summed E-state index contributed by atoms with van der Waals surface area (Å²) in [4.78, 5) is 5.79. The lowest BCUT2D eigenvalue weighted by Gasteiger charge is -2.14. The highest BCUT2D eigenvalue weighted by Gasteiger charge is 2.17. The van der Waals surface area contributed by atoms with Gasteiger partial charge in [0.15, 0.2) is 0 Å². The Morgan fingerprint density at radius 3 is 2.70 bits per heavy atom. The molecule has 108 valence electrons. The van der Waals surface area contributed by atoms with Gasteiger partial charge in [-0.25, -0.2) is 4.98 Å². The van der Waals surface area contributed by atoms with Crippen LogP contribution in [-0.2, 0) is 11.2 Å². The topological polar surface area (TPSA) is 48.1 Å². The number of thiazole rings is 1. The monoisotopic (exact) mass is 308 g/mol. The number of hydrogen-bond acceptors (Lipinski definition) is 5. The van der Waals surface area contributed by atoms with Crippen molar-refractivity contribution in [3.63, 3.8) is 0 Å². The number of nitrogen functional groups attached to an aromatic ring is 1. The van der Waals surface area contributed by atoms with Gasteiger partial charge in [0, 0.05) is 27.4 Å². The summed E-state index contributed by atoms with van der Waals surface area (Å²) in [5.74, 6) is 1.67. The highest BCUT2D eigenvalue weighted by atomic mass is 32.2. The van der Waals surface area contributed by atoms with Crippen LogP contribution in [0.15, 0.2) is 28.5 Å². The summed E-state index contributed by atoms with van der Waals surface area (Å²) in [7, 11) is 1.67. The third-order valence-corrected chi connectivity index (χ3v) is 4.96. The molecule has 0 saturated heterocycles. The van der Waals surface area contributed by atoms with Gasteiger partial charge in [0.2, 0.25) is 0 Å². The fourth-order valence-electron chi connectivity index (χ4n) is 1.66. The molecule has 20 heavy (non-hydrogen) atoms. The Kier molecular flexibility index (Phi) is 4.60. The van der Waals surface area contributed by atoms with Crippen LogP contribution in [0, 0.1) is 0 Å². The maximum Gasteiger partial charge on any atom is 0.134 e. The van der Waals surface area contributed by atoms with E-state index in [1.54, 1.807) is 30.2 Å². The lowest BCUT2D eigenvalue weighted by Crippen LogP contribution is -2.11. The zero-order chi connectivity index (χ0) is 14.8. The van der Waals surface area contributed by atoms with Gasteiger partial charge in [-0.05, 0) is 12.1 Å². The van der Waals surface area contributed by atoms with Gasteiger partial charge in [0.1, 0.15) is 10.8 Å². The first-order valence-electron chi connectivity index (χ1n) is 6.41. The van der Waals surface area contributed by atoms with Crippen LogP contribution in [0.5, 0.6) is 5.75 Å². The number of rotatable bonds is 4. The van der Waals surface area contributed by atoms with Crippen molar-refractivity contribution in [1.29, 1.82) is 0 Å². The fraction of sp³-hybridized carbons (Fsp3) is 0.400. The van der Waals surface area contributed by atoms with Crippen LogP contribution in [0.2, 0.25) is 0 Å². The van der Waals surface area contributed by atoms with E-state index >= 15 is 0 Å². The molecular weight excluding hydrogens is 288 g/mol. The molecule has 2 N–H and O–H groups in total. The predicted octanol–water partition coefficient (Wildman–Crippen LogP) is 4.32. The molecule has 0 unspecified atom stereocenters. The average Bonchev–Trinajstić information content (AvgIpc) is 2.86. The summed E-state index contributed by atoms with van der Waals surface area (Å²) in [5, 5.41) is 3.29. The summed E-state index contributed by atoms with van der Waals surface area (Å²) >= 11 is 3.44. The number of benzene rings is 1. The molecule has 2 rings (SSSR count). The molecule has 2 aromatic rings. The quantitative estimate of drug-likeness (QED) is 0.675. The number of aromatic nitrogens is 1. The number of hydrogen-bond donors (Lipinski definition) is 1. The van der Waals surface area contributed by atoms with E-state index in [9.17, 15) is 0 Å². The van der Waals surface area contributed by atoms with Gasteiger partial charge in [0.05, 0.1) is 18.6 Å². The number of ether oxygens (including phenoxy) is 1. The Balaban J connectivity index is 2.07. The van der Waals surface area contributed by atoms with Crippen LogP contribution in [0.25, 0.3) is 0 Å². The predicted molar refractivity (Wildman–Crippen MR) is 87.8 cm³/mol. The van der Waals surface area contributed by atoms with Crippen molar-refractivity contribution in [3.8, 4) is 5.75 Å². The van der Waals surface area contributed by atoms with E-state index < -0.39 is 0 Å². The van der Waals surface area contributed by atoms with Gasteiger partial charge in [-0.2, -0.15) is 0 Å². The van der Waals surface area contributed by atoms with Gasteiger partial charge in [0.25, 0.3) is 0 Å². The lowest BCUT2D eigenvalue weighted by atomic mass is 9.93. The second-order valence-electron chi connectivity index (χ2n) is 5.58. The fourth-order valence-corrected chi connectivity index (χ4v) is 3.71. The molecule has 0 fully saturated rings. The Morgan fingerprint density at radius 1 is 1.35 bits per heavy atom. The molecule has 0 saturated carbocycles. The summed E-state index contributed by atoms with van der Waals surface area (Å²) in [5.41, 5.74) is 7.74. The van der Waals surface area contributed by atoms with Crippen LogP contribution in [0.4, 0.5) is 5.69 Å². The van der Waals surface area contributed by atoms with E-state index in [2.05, 4.69) is 26.2 Å². The lowest BCUT2D eigenvalue weighted by molar-refractivity contribution is 0.405. The van der Waals surface area contributed by atoms with E-state index in [-0.39, 0.29) is 5.41 Å². The van der Waals surface area contributed by atoms with E-state index in [1.807, 2.05) is 18.2 Å². The van der Waals surface area contributed by atoms with Gasteiger partial charge >= 0.3 is 0 Å². The molecule has 0 radical (unpaired) electrons. The molecule has 5 heteroatoms. The van der Waals surface area contributed by atoms with Crippen molar-refractivity contribution in [2.75, 3.05) is 12.8 Å². The molecule has 1 heterocycles. The molecule has 3 nitrogen and oxygen atoms in total. The third-order valence-electron chi connectivity index (χ3n) is 2.86. The molecule has 0 aliphatic rings. The van der Waals surface area contributed by atoms with E-state index in [1.165, 1.54) is 0 Å². The summed E-state index contributed by atoms with van der Waals surface area (Å²) < 4.78 is 5.36.